The van der Waals surface area contributed by atoms with Gasteiger partial charge in [0, 0.05) is 30.7 Å². The van der Waals surface area contributed by atoms with Gasteiger partial charge in [-0.25, -0.2) is 4.99 Å². The first kappa shape index (κ1) is 21.0. The predicted molar refractivity (Wildman–Crippen MR) is 120 cm³/mol. The smallest absolute Gasteiger partial charge is 0.194 e. The molecule has 0 aromatic heterocycles. The minimum atomic E-state index is 0. The van der Waals surface area contributed by atoms with Gasteiger partial charge in [0.1, 0.15) is 0 Å². The Labute approximate surface area is 177 Å². The van der Waals surface area contributed by atoms with Gasteiger partial charge >= 0.3 is 0 Å². The molecule has 140 valence electrons. The van der Waals surface area contributed by atoms with Crippen LogP contribution in [0.15, 0.2) is 33.7 Å². The quantitative estimate of drug-likeness (QED) is 0.362. The first-order chi connectivity index (χ1) is 11.7. The van der Waals surface area contributed by atoms with E-state index in [1.54, 1.807) is 0 Å². The zero-order chi connectivity index (χ0) is 16.8. The highest BCUT2D eigenvalue weighted by atomic mass is 127. The second kappa shape index (κ2) is 10.7. The summed E-state index contributed by atoms with van der Waals surface area (Å²) in [4.78, 5) is 9.95. The topological polar surface area (TPSA) is 30.9 Å². The summed E-state index contributed by atoms with van der Waals surface area (Å²) in [7, 11) is 0. The minimum Gasteiger partial charge on any atom is -0.357 e. The number of benzene rings is 1. The van der Waals surface area contributed by atoms with Crippen molar-refractivity contribution >= 4 is 45.9 Å². The zero-order valence-corrected chi connectivity index (χ0v) is 19.0. The summed E-state index contributed by atoms with van der Waals surface area (Å²) in [6.45, 7) is 9.95. The number of hydrogen-bond acceptors (Lipinski definition) is 2. The summed E-state index contributed by atoms with van der Waals surface area (Å²) in [5, 5.41) is 3.47. The molecule has 1 aromatic carbocycles. The maximum absolute atomic E-state index is 4.86. The number of rotatable bonds is 5. The summed E-state index contributed by atoms with van der Waals surface area (Å²) in [5.74, 6) is 1.86. The number of likely N-dealkylation sites (tertiary alicyclic amines) is 2. The van der Waals surface area contributed by atoms with Gasteiger partial charge in [0.15, 0.2) is 5.96 Å². The zero-order valence-electron chi connectivity index (χ0n) is 15.1. The molecule has 2 aliphatic rings. The molecule has 2 aliphatic heterocycles. The van der Waals surface area contributed by atoms with Crippen molar-refractivity contribution in [3.05, 3.63) is 34.3 Å². The van der Waals surface area contributed by atoms with Crippen molar-refractivity contribution < 1.29 is 0 Å². The standard InChI is InChI=1S/C19H29BrN4.HI/c1-2-21-19(22-13-16-5-7-18(20)8-6-16)24-12-9-17(15-24)14-23-10-3-4-11-23;/h5-8,17H,2-4,9-15H2,1H3,(H,21,22);1H. The molecule has 0 aliphatic carbocycles. The highest BCUT2D eigenvalue weighted by molar-refractivity contribution is 14.0. The predicted octanol–water partition coefficient (Wildman–Crippen LogP) is 3.95. The van der Waals surface area contributed by atoms with E-state index in [1.807, 2.05) is 0 Å². The number of nitrogens with one attached hydrogen (secondary N) is 1. The van der Waals surface area contributed by atoms with Crippen LogP contribution in [-0.2, 0) is 6.54 Å². The molecule has 0 saturated carbocycles. The maximum Gasteiger partial charge on any atom is 0.194 e. The molecule has 4 nitrogen and oxygen atoms in total. The Kier molecular flexibility index (Phi) is 8.99. The summed E-state index contributed by atoms with van der Waals surface area (Å²) in [6, 6.07) is 8.44. The van der Waals surface area contributed by atoms with Crippen LogP contribution in [0.5, 0.6) is 0 Å². The Morgan fingerprint density at radius 1 is 1.20 bits per heavy atom. The maximum atomic E-state index is 4.86. The Morgan fingerprint density at radius 2 is 1.92 bits per heavy atom. The van der Waals surface area contributed by atoms with Crippen LogP contribution in [0.2, 0.25) is 0 Å². The second-order valence-electron chi connectivity index (χ2n) is 6.91. The van der Waals surface area contributed by atoms with E-state index in [1.165, 1.54) is 44.5 Å². The molecule has 1 unspecified atom stereocenters. The van der Waals surface area contributed by atoms with E-state index in [-0.39, 0.29) is 24.0 Å². The lowest BCUT2D eigenvalue weighted by atomic mass is 10.1. The Morgan fingerprint density at radius 3 is 2.60 bits per heavy atom. The molecule has 0 spiro atoms. The first-order valence-corrected chi connectivity index (χ1v) is 10.0. The average Bonchev–Trinajstić information content (AvgIpc) is 3.25. The van der Waals surface area contributed by atoms with Crippen molar-refractivity contribution in [3.63, 3.8) is 0 Å². The van der Waals surface area contributed by atoms with E-state index >= 15 is 0 Å². The molecule has 6 heteroatoms. The van der Waals surface area contributed by atoms with Crippen molar-refractivity contribution in [1.82, 2.24) is 15.1 Å². The summed E-state index contributed by atoms with van der Waals surface area (Å²) >= 11 is 3.49. The van der Waals surface area contributed by atoms with E-state index in [9.17, 15) is 0 Å². The van der Waals surface area contributed by atoms with E-state index < -0.39 is 0 Å². The third-order valence-corrected chi connectivity index (χ3v) is 5.49. The molecule has 0 bridgehead atoms. The molecule has 1 atom stereocenters. The van der Waals surface area contributed by atoms with Gasteiger partial charge in [-0.15, -0.1) is 24.0 Å². The van der Waals surface area contributed by atoms with E-state index in [4.69, 9.17) is 4.99 Å². The molecule has 2 fully saturated rings. The molecule has 0 radical (unpaired) electrons. The highest BCUT2D eigenvalue weighted by Gasteiger charge is 2.27. The van der Waals surface area contributed by atoms with Gasteiger partial charge in [-0.1, -0.05) is 28.1 Å². The number of guanidine groups is 1. The average molecular weight is 521 g/mol. The third-order valence-electron chi connectivity index (χ3n) is 4.96. The van der Waals surface area contributed by atoms with Crippen LogP contribution >= 0.6 is 39.9 Å². The van der Waals surface area contributed by atoms with Gasteiger partial charge in [0.2, 0.25) is 0 Å². The lowest BCUT2D eigenvalue weighted by molar-refractivity contribution is 0.281. The Bertz CT molecular complexity index is 543. The normalized spacial score (nSPS) is 21.4. The molecule has 1 aromatic rings. The molecule has 2 heterocycles. The molecule has 2 saturated heterocycles. The van der Waals surface area contributed by atoms with Crippen molar-refractivity contribution in [2.45, 2.75) is 32.7 Å². The Hall–Kier alpha value is -0.340. The fourth-order valence-electron chi connectivity index (χ4n) is 3.69. The number of halogens is 2. The SMILES string of the molecule is CCNC(=NCc1ccc(Br)cc1)N1CCC(CN2CCCC2)C1.I. The molecular formula is C19H30BrIN4. The summed E-state index contributed by atoms with van der Waals surface area (Å²) in [6.07, 6.45) is 4.06. The van der Waals surface area contributed by atoms with Crippen LogP contribution in [0.1, 0.15) is 31.7 Å². The molecule has 0 amide bonds. The van der Waals surface area contributed by atoms with Crippen molar-refractivity contribution in [2.24, 2.45) is 10.9 Å². The van der Waals surface area contributed by atoms with E-state index in [0.29, 0.717) is 0 Å². The molecular weight excluding hydrogens is 491 g/mol. The monoisotopic (exact) mass is 520 g/mol. The summed E-state index contributed by atoms with van der Waals surface area (Å²) < 4.78 is 1.12. The number of hydrogen-bond donors (Lipinski definition) is 1. The van der Waals surface area contributed by atoms with E-state index in [0.717, 1.165) is 42.5 Å². The fourth-order valence-corrected chi connectivity index (χ4v) is 3.95. The Balaban J connectivity index is 0.00000225. The van der Waals surface area contributed by atoms with Gasteiger partial charge < -0.3 is 15.1 Å². The highest BCUT2D eigenvalue weighted by Crippen LogP contribution is 2.20. The third kappa shape index (κ3) is 6.40. The fraction of sp³-hybridized carbons (Fsp3) is 0.632. The lowest BCUT2D eigenvalue weighted by Crippen LogP contribution is -2.40. The summed E-state index contributed by atoms with van der Waals surface area (Å²) in [5.41, 5.74) is 1.25. The van der Waals surface area contributed by atoms with Gasteiger partial charge in [-0.05, 0) is 62.9 Å². The van der Waals surface area contributed by atoms with Crippen LogP contribution in [-0.4, -0.2) is 55.0 Å². The van der Waals surface area contributed by atoms with E-state index in [2.05, 4.69) is 62.2 Å². The van der Waals surface area contributed by atoms with Gasteiger partial charge in [0.25, 0.3) is 0 Å². The number of nitrogens with zero attached hydrogens (tertiary/aromatic N) is 3. The van der Waals surface area contributed by atoms with Gasteiger partial charge in [0.05, 0.1) is 6.54 Å². The van der Waals surface area contributed by atoms with Crippen molar-refractivity contribution in [1.29, 1.82) is 0 Å². The molecule has 1 N–H and O–H groups in total. The van der Waals surface area contributed by atoms with Crippen LogP contribution < -0.4 is 5.32 Å². The molecule has 3 rings (SSSR count). The van der Waals surface area contributed by atoms with Crippen LogP contribution in [0, 0.1) is 5.92 Å². The van der Waals surface area contributed by atoms with Crippen molar-refractivity contribution in [2.75, 3.05) is 39.3 Å². The van der Waals surface area contributed by atoms with Crippen molar-refractivity contribution in [3.8, 4) is 0 Å². The van der Waals surface area contributed by atoms with Gasteiger partial charge in [-0.2, -0.15) is 0 Å². The second-order valence-corrected chi connectivity index (χ2v) is 7.82. The van der Waals surface area contributed by atoms with Crippen LogP contribution in [0.25, 0.3) is 0 Å². The van der Waals surface area contributed by atoms with Crippen LogP contribution in [0.4, 0.5) is 0 Å². The first-order valence-electron chi connectivity index (χ1n) is 9.24. The lowest BCUT2D eigenvalue weighted by Gasteiger charge is -2.23. The number of aliphatic imine (C=N–C) groups is 1. The van der Waals surface area contributed by atoms with Crippen LogP contribution in [0.3, 0.4) is 0 Å². The minimum absolute atomic E-state index is 0. The molecule has 25 heavy (non-hydrogen) atoms. The largest absolute Gasteiger partial charge is 0.357 e. The van der Waals surface area contributed by atoms with Gasteiger partial charge in [-0.3, -0.25) is 0 Å².